The van der Waals surface area contributed by atoms with Gasteiger partial charge in [-0.1, -0.05) is 37.9 Å². The molecule has 2 amide bonds. The van der Waals surface area contributed by atoms with E-state index in [0.717, 1.165) is 12.1 Å². The molecule has 3 fully saturated rings. The lowest BCUT2D eigenvalue weighted by molar-refractivity contribution is -0.123. The Kier molecular flexibility index (Phi) is 3.05. The predicted molar refractivity (Wildman–Crippen MR) is 85.5 cm³/mol. The number of hydrogen-bond donors (Lipinski definition) is 0. The van der Waals surface area contributed by atoms with Crippen LogP contribution in [0.3, 0.4) is 0 Å². The number of imide groups is 1. The van der Waals surface area contributed by atoms with Crippen LogP contribution in [0.15, 0.2) is 18.2 Å². The lowest BCUT2D eigenvalue weighted by atomic mass is 9.81. The summed E-state index contributed by atoms with van der Waals surface area (Å²) in [5.74, 6) is 0.465. The zero-order valence-corrected chi connectivity index (χ0v) is 14.5. The lowest BCUT2D eigenvalue weighted by Gasteiger charge is -2.28. The molecule has 1 aromatic rings. The summed E-state index contributed by atoms with van der Waals surface area (Å²) in [5.41, 5.74) is 0.810. The Morgan fingerprint density at radius 1 is 1.10 bits per heavy atom. The van der Waals surface area contributed by atoms with Crippen molar-refractivity contribution in [3.63, 3.8) is 0 Å². The van der Waals surface area contributed by atoms with E-state index in [1.807, 2.05) is 19.1 Å². The third kappa shape index (κ3) is 1.75. The Hall–Kier alpha value is -0.750. The lowest BCUT2D eigenvalue weighted by Crippen LogP contribution is -2.37. The number of pyridine rings is 1. The van der Waals surface area contributed by atoms with Crippen molar-refractivity contribution in [3.8, 4) is 0 Å². The van der Waals surface area contributed by atoms with E-state index in [4.69, 9.17) is 0 Å². The number of halogens is 2. The molecular weight excluding hydrogens is 400 g/mol. The highest BCUT2D eigenvalue weighted by molar-refractivity contribution is 9.12. The summed E-state index contributed by atoms with van der Waals surface area (Å²) in [6, 6.07) is 5.44. The number of alkyl halides is 2. The Labute approximate surface area is 139 Å². The van der Waals surface area contributed by atoms with Gasteiger partial charge in [0.2, 0.25) is 11.8 Å². The number of rotatable bonds is 1. The fourth-order valence-corrected chi connectivity index (χ4v) is 6.10. The molecular formula is C15H14Br2N2O2. The van der Waals surface area contributed by atoms with Gasteiger partial charge in [-0.25, -0.2) is 9.88 Å². The number of hydrogen-bond acceptors (Lipinski definition) is 3. The van der Waals surface area contributed by atoms with Crippen LogP contribution in [0, 0.1) is 30.6 Å². The van der Waals surface area contributed by atoms with Gasteiger partial charge in [-0.3, -0.25) is 9.59 Å². The number of nitrogens with zero attached hydrogens (tertiary/aromatic N) is 2. The summed E-state index contributed by atoms with van der Waals surface area (Å²) in [5, 5.41) is 0. The number of anilines is 1. The van der Waals surface area contributed by atoms with Crippen molar-refractivity contribution < 1.29 is 9.59 Å². The average Bonchev–Trinajstić information content (AvgIpc) is 3.04. The van der Waals surface area contributed by atoms with Crippen LogP contribution in [0.25, 0.3) is 0 Å². The van der Waals surface area contributed by atoms with Crippen molar-refractivity contribution in [1.29, 1.82) is 0 Å². The van der Waals surface area contributed by atoms with Gasteiger partial charge in [0.15, 0.2) is 0 Å². The molecule has 2 aliphatic carbocycles. The zero-order chi connectivity index (χ0) is 14.9. The first-order valence-corrected chi connectivity index (χ1v) is 8.93. The highest BCUT2D eigenvalue weighted by Crippen LogP contribution is 2.60. The van der Waals surface area contributed by atoms with Gasteiger partial charge in [0.1, 0.15) is 5.82 Å². The van der Waals surface area contributed by atoms with E-state index in [-0.39, 0.29) is 45.1 Å². The molecule has 6 atom stereocenters. The maximum absolute atomic E-state index is 12.8. The van der Waals surface area contributed by atoms with Crippen molar-refractivity contribution in [2.45, 2.75) is 23.0 Å². The van der Waals surface area contributed by atoms with Crippen LogP contribution in [0.1, 0.15) is 12.1 Å². The number of fused-ring (bicyclic) bond motifs is 5. The van der Waals surface area contributed by atoms with E-state index in [9.17, 15) is 9.59 Å². The van der Waals surface area contributed by atoms with Crippen LogP contribution < -0.4 is 4.90 Å². The molecule has 2 saturated carbocycles. The molecule has 21 heavy (non-hydrogen) atoms. The maximum Gasteiger partial charge on any atom is 0.239 e. The number of carbonyl (C=O) groups excluding carboxylic acids is 2. The van der Waals surface area contributed by atoms with Crippen LogP contribution in [-0.2, 0) is 9.59 Å². The summed E-state index contributed by atoms with van der Waals surface area (Å²) < 4.78 is 0. The molecule has 4 nitrogen and oxygen atoms in total. The van der Waals surface area contributed by atoms with Gasteiger partial charge < -0.3 is 0 Å². The quantitative estimate of drug-likeness (QED) is 0.525. The van der Waals surface area contributed by atoms with Gasteiger partial charge in [0.25, 0.3) is 0 Å². The van der Waals surface area contributed by atoms with Gasteiger partial charge in [0.05, 0.1) is 11.8 Å². The minimum atomic E-state index is -0.178. The van der Waals surface area contributed by atoms with Crippen LogP contribution in [-0.4, -0.2) is 26.5 Å². The average molecular weight is 414 g/mol. The predicted octanol–water partition coefficient (Wildman–Crippen LogP) is 2.67. The second-order valence-electron chi connectivity index (χ2n) is 6.15. The normalized spacial score (nSPS) is 41.0. The molecule has 0 radical (unpaired) electrons. The second-order valence-corrected chi connectivity index (χ2v) is 8.27. The largest absolute Gasteiger partial charge is 0.274 e. The smallest absolute Gasteiger partial charge is 0.239 e. The Morgan fingerprint density at radius 2 is 1.67 bits per heavy atom. The van der Waals surface area contributed by atoms with E-state index in [1.165, 1.54) is 4.90 Å². The van der Waals surface area contributed by atoms with Crippen LogP contribution in [0.5, 0.6) is 0 Å². The molecule has 1 saturated heterocycles. The van der Waals surface area contributed by atoms with E-state index < -0.39 is 0 Å². The minimum absolute atomic E-state index is 0.0700. The van der Waals surface area contributed by atoms with Crippen molar-refractivity contribution in [1.82, 2.24) is 4.98 Å². The highest BCUT2D eigenvalue weighted by Gasteiger charge is 2.66. The van der Waals surface area contributed by atoms with Crippen molar-refractivity contribution in [2.24, 2.45) is 23.7 Å². The summed E-state index contributed by atoms with van der Waals surface area (Å²) in [4.78, 5) is 31.8. The molecule has 110 valence electrons. The summed E-state index contributed by atoms with van der Waals surface area (Å²) in [7, 11) is 0. The monoisotopic (exact) mass is 412 g/mol. The first kappa shape index (κ1) is 13.9. The van der Waals surface area contributed by atoms with Gasteiger partial charge in [-0.05, 0) is 37.3 Å². The Morgan fingerprint density at radius 3 is 2.19 bits per heavy atom. The third-order valence-electron chi connectivity index (χ3n) is 5.09. The SMILES string of the molecule is Cc1cccc(N2C(=O)[C@@H]3[C@H]4C[C@H]([C@H](Br)[C@@H]4Br)[C@@H]3C2=O)n1. The fraction of sp³-hybridized carbons (Fsp3) is 0.533. The molecule has 6 heteroatoms. The van der Waals surface area contributed by atoms with E-state index in [2.05, 4.69) is 36.8 Å². The summed E-state index contributed by atoms with van der Waals surface area (Å²) in [6.45, 7) is 1.86. The van der Waals surface area contributed by atoms with Gasteiger partial charge in [0, 0.05) is 15.3 Å². The number of aryl methyl sites for hydroxylation is 1. The van der Waals surface area contributed by atoms with Crippen LogP contribution in [0.4, 0.5) is 5.82 Å². The molecule has 2 heterocycles. The van der Waals surface area contributed by atoms with Gasteiger partial charge in [-0.15, -0.1) is 0 Å². The van der Waals surface area contributed by atoms with Gasteiger partial charge >= 0.3 is 0 Å². The fourth-order valence-electron chi connectivity index (χ4n) is 4.23. The van der Waals surface area contributed by atoms with E-state index >= 15 is 0 Å². The van der Waals surface area contributed by atoms with Crippen molar-refractivity contribution >= 4 is 49.5 Å². The molecule has 0 aromatic carbocycles. The van der Waals surface area contributed by atoms with Crippen molar-refractivity contribution in [2.75, 3.05) is 4.90 Å². The number of amides is 2. The zero-order valence-electron chi connectivity index (χ0n) is 11.4. The molecule has 0 unspecified atom stereocenters. The van der Waals surface area contributed by atoms with Crippen molar-refractivity contribution in [3.05, 3.63) is 23.9 Å². The van der Waals surface area contributed by atoms with Gasteiger partial charge in [-0.2, -0.15) is 0 Å². The third-order valence-corrected chi connectivity index (χ3v) is 8.30. The molecule has 4 rings (SSSR count). The van der Waals surface area contributed by atoms with Crippen LogP contribution in [0.2, 0.25) is 0 Å². The highest BCUT2D eigenvalue weighted by atomic mass is 79.9. The van der Waals surface area contributed by atoms with E-state index in [1.54, 1.807) is 6.07 Å². The van der Waals surface area contributed by atoms with E-state index in [0.29, 0.717) is 5.82 Å². The molecule has 1 aromatic heterocycles. The molecule has 0 N–H and O–H groups in total. The topological polar surface area (TPSA) is 50.3 Å². The molecule has 1 aliphatic heterocycles. The molecule has 2 bridgehead atoms. The Bertz CT molecular complexity index is 618. The summed E-state index contributed by atoms with van der Waals surface area (Å²) in [6.07, 6.45) is 0.952. The number of carbonyl (C=O) groups is 2. The first-order valence-electron chi connectivity index (χ1n) is 7.10. The summed E-state index contributed by atoms with van der Waals surface area (Å²) >= 11 is 7.38. The molecule has 3 aliphatic rings. The van der Waals surface area contributed by atoms with Crippen LogP contribution >= 0.6 is 31.9 Å². The minimum Gasteiger partial charge on any atom is -0.274 e. The molecule has 0 spiro atoms. The Balaban J connectivity index is 1.75. The first-order chi connectivity index (χ1) is 10.0. The maximum atomic E-state index is 12.8. The standard InChI is InChI=1S/C15H14Br2N2O2/c1-6-3-2-4-9(18-6)19-14(20)10-7-5-8(11(10)15(19)21)13(17)12(7)16/h2-4,7-8,10-13H,5H2,1H3/t7-,8+,10-,11+,12-,13+. The second kappa shape index (κ2) is 4.62. The number of aromatic nitrogens is 1.